The van der Waals surface area contributed by atoms with Gasteiger partial charge < -0.3 is 9.88 Å². The van der Waals surface area contributed by atoms with Crippen LogP contribution in [0.3, 0.4) is 0 Å². The summed E-state index contributed by atoms with van der Waals surface area (Å²) in [4.78, 5) is 27.6. The molecule has 0 aliphatic carbocycles. The Morgan fingerprint density at radius 1 is 1.33 bits per heavy atom. The zero-order valence-corrected chi connectivity index (χ0v) is 11.4. The zero-order valence-electron chi connectivity index (χ0n) is 11.4. The Labute approximate surface area is 121 Å². The molecule has 1 aromatic carbocycles. The maximum atomic E-state index is 13.3. The van der Waals surface area contributed by atoms with Crippen molar-refractivity contribution in [3.05, 3.63) is 69.9 Å². The van der Waals surface area contributed by atoms with E-state index < -0.39 is 0 Å². The molecular formula is C16H15FN2O2. The van der Waals surface area contributed by atoms with Crippen molar-refractivity contribution in [1.82, 2.24) is 9.88 Å². The molecule has 1 N–H and O–H groups in total. The summed E-state index contributed by atoms with van der Waals surface area (Å²) in [6.45, 7) is 0.684. The summed E-state index contributed by atoms with van der Waals surface area (Å²) in [6.07, 6.45) is 2.64. The minimum atomic E-state index is -0.285. The van der Waals surface area contributed by atoms with Crippen molar-refractivity contribution in [2.75, 3.05) is 6.54 Å². The summed E-state index contributed by atoms with van der Waals surface area (Å²) in [6, 6.07) is 9.38. The second-order valence-electron chi connectivity index (χ2n) is 5.18. The lowest BCUT2D eigenvalue weighted by Gasteiger charge is -2.41. The fourth-order valence-corrected chi connectivity index (χ4v) is 2.58. The smallest absolute Gasteiger partial charge is 0.247 e. The molecule has 1 aliphatic heterocycles. The average molecular weight is 286 g/mol. The predicted molar refractivity (Wildman–Crippen MR) is 76.2 cm³/mol. The van der Waals surface area contributed by atoms with Crippen molar-refractivity contribution >= 4 is 5.91 Å². The average Bonchev–Trinajstić information content (AvgIpc) is 2.40. The Morgan fingerprint density at radius 2 is 2.19 bits per heavy atom. The number of halogens is 1. The number of amides is 1. The second kappa shape index (κ2) is 5.52. The molecule has 1 saturated heterocycles. The molecular weight excluding hydrogens is 271 g/mol. The summed E-state index contributed by atoms with van der Waals surface area (Å²) in [5.41, 5.74) is 1.41. The van der Waals surface area contributed by atoms with E-state index >= 15 is 0 Å². The maximum Gasteiger partial charge on any atom is 0.247 e. The summed E-state index contributed by atoms with van der Waals surface area (Å²) < 4.78 is 13.3. The van der Waals surface area contributed by atoms with Gasteiger partial charge in [-0.05, 0) is 29.7 Å². The largest absolute Gasteiger partial charge is 0.335 e. The van der Waals surface area contributed by atoms with Gasteiger partial charge in [0.1, 0.15) is 5.82 Å². The van der Waals surface area contributed by atoms with E-state index in [1.54, 1.807) is 23.2 Å². The lowest BCUT2D eigenvalue weighted by Crippen LogP contribution is -2.45. The molecule has 4 nitrogen and oxygen atoms in total. The molecule has 21 heavy (non-hydrogen) atoms. The molecule has 108 valence electrons. The number of aromatic nitrogens is 1. The number of likely N-dealkylation sites (tertiary alicyclic amines) is 1. The molecule has 1 aliphatic rings. The molecule has 1 aromatic heterocycles. The number of benzene rings is 1. The van der Waals surface area contributed by atoms with Gasteiger partial charge >= 0.3 is 0 Å². The van der Waals surface area contributed by atoms with Crippen LogP contribution in [0, 0.1) is 5.82 Å². The van der Waals surface area contributed by atoms with E-state index in [1.165, 1.54) is 18.2 Å². The number of carbonyl (C=O) groups excluding carboxylic acids is 1. The number of aromatic amines is 1. The van der Waals surface area contributed by atoms with Crippen molar-refractivity contribution in [1.29, 1.82) is 0 Å². The van der Waals surface area contributed by atoms with Crippen LogP contribution in [0.4, 0.5) is 4.39 Å². The number of nitrogens with zero attached hydrogens (tertiary/aromatic N) is 1. The maximum absolute atomic E-state index is 13.3. The summed E-state index contributed by atoms with van der Waals surface area (Å²) in [5.74, 6) is -0.296. The van der Waals surface area contributed by atoms with Crippen molar-refractivity contribution in [3.8, 4) is 0 Å². The van der Waals surface area contributed by atoms with Gasteiger partial charge in [-0.15, -0.1) is 0 Å². The third kappa shape index (κ3) is 2.86. The molecule has 0 radical (unpaired) electrons. The summed E-state index contributed by atoms with van der Waals surface area (Å²) in [7, 11) is 0. The Kier molecular flexibility index (Phi) is 3.56. The number of hydrogen-bond acceptors (Lipinski definition) is 2. The summed E-state index contributed by atoms with van der Waals surface area (Å²) in [5, 5.41) is 0. The number of rotatable bonds is 3. The number of pyridine rings is 1. The van der Waals surface area contributed by atoms with Gasteiger partial charge in [0.2, 0.25) is 11.5 Å². The highest BCUT2D eigenvalue weighted by Crippen LogP contribution is 2.33. The van der Waals surface area contributed by atoms with Crippen LogP contribution in [0.5, 0.6) is 0 Å². The topological polar surface area (TPSA) is 53.2 Å². The third-order valence-corrected chi connectivity index (χ3v) is 3.78. The lowest BCUT2D eigenvalue weighted by molar-refractivity contribution is -0.138. The first-order valence-corrected chi connectivity index (χ1v) is 6.86. The fraction of sp³-hybridized carbons (Fsp3) is 0.250. The first-order valence-electron chi connectivity index (χ1n) is 6.86. The molecule has 1 atom stereocenters. The molecule has 1 unspecified atom stereocenters. The van der Waals surface area contributed by atoms with Crippen molar-refractivity contribution in [2.45, 2.75) is 18.9 Å². The standard InChI is InChI=1S/C16H15FN2O2/c17-13-3-1-2-12(9-13)14-6-7-19(14)16(21)8-11-4-5-15(20)18-10-11/h1-5,9-10,14H,6-8H2,(H,18,20). The normalized spacial score (nSPS) is 17.4. The van der Waals surface area contributed by atoms with E-state index in [2.05, 4.69) is 4.98 Å². The monoisotopic (exact) mass is 286 g/mol. The van der Waals surface area contributed by atoms with Crippen LogP contribution in [0.15, 0.2) is 47.4 Å². The van der Waals surface area contributed by atoms with Gasteiger partial charge in [0.25, 0.3) is 0 Å². The van der Waals surface area contributed by atoms with Crippen LogP contribution >= 0.6 is 0 Å². The molecule has 2 heterocycles. The molecule has 1 fully saturated rings. The van der Waals surface area contributed by atoms with Crippen molar-refractivity contribution in [3.63, 3.8) is 0 Å². The van der Waals surface area contributed by atoms with E-state index in [4.69, 9.17) is 0 Å². The molecule has 1 amide bonds. The molecule has 0 spiro atoms. The van der Waals surface area contributed by atoms with Gasteiger partial charge in [-0.25, -0.2) is 4.39 Å². The third-order valence-electron chi connectivity index (χ3n) is 3.78. The quantitative estimate of drug-likeness (QED) is 0.938. The molecule has 2 aromatic rings. The highest BCUT2D eigenvalue weighted by molar-refractivity contribution is 5.80. The first kappa shape index (κ1) is 13.5. The van der Waals surface area contributed by atoms with Crippen LogP contribution in [-0.4, -0.2) is 22.3 Å². The molecule has 3 rings (SSSR count). The van der Waals surface area contributed by atoms with Gasteiger partial charge in [0, 0.05) is 18.8 Å². The Morgan fingerprint density at radius 3 is 2.81 bits per heavy atom. The molecule has 0 saturated carbocycles. The second-order valence-corrected chi connectivity index (χ2v) is 5.18. The van der Waals surface area contributed by atoms with E-state index in [1.807, 2.05) is 6.07 Å². The van der Waals surface area contributed by atoms with Crippen LogP contribution in [0.1, 0.15) is 23.6 Å². The lowest BCUT2D eigenvalue weighted by atomic mass is 9.94. The number of hydrogen-bond donors (Lipinski definition) is 1. The summed E-state index contributed by atoms with van der Waals surface area (Å²) >= 11 is 0. The van der Waals surface area contributed by atoms with Gasteiger partial charge in [0.15, 0.2) is 0 Å². The van der Waals surface area contributed by atoms with E-state index in [0.717, 1.165) is 17.5 Å². The highest BCUT2D eigenvalue weighted by Gasteiger charge is 2.33. The van der Waals surface area contributed by atoms with Gasteiger partial charge in [-0.2, -0.15) is 0 Å². The molecule has 0 bridgehead atoms. The van der Waals surface area contributed by atoms with Gasteiger partial charge in [0.05, 0.1) is 12.5 Å². The van der Waals surface area contributed by atoms with Gasteiger partial charge in [-0.1, -0.05) is 18.2 Å². The minimum Gasteiger partial charge on any atom is -0.335 e. The van der Waals surface area contributed by atoms with E-state index in [9.17, 15) is 14.0 Å². The minimum absolute atomic E-state index is 0.0115. The predicted octanol–water partition coefficient (Wildman–Crippen LogP) is 2.03. The SMILES string of the molecule is O=C(Cc1ccc(=O)[nH]c1)N1CCC1c1cccc(F)c1. The number of H-pyrrole nitrogens is 1. The van der Waals surface area contributed by atoms with Crippen LogP contribution in [-0.2, 0) is 11.2 Å². The van der Waals surface area contributed by atoms with Crippen LogP contribution < -0.4 is 5.56 Å². The number of carbonyl (C=O) groups is 1. The van der Waals surface area contributed by atoms with E-state index in [0.29, 0.717) is 6.54 Å². The van der Waals surface area contributed by atoms with Crippen molar-refractivity contribution in [2.24, 2.45) is 0 Å². The van der Waals surface area contributed by atoms with Crippen molar-refractivity contribution < 1.29 is 9.18 Å². The Bertz CT molecular complexity index is 706. The number of nitrogens with one attached hydrogen (secondary N) is 1. The first-order chi connectivity index (χ1) is 10.1. The molecule has 5 heteroatoms. The van der Waals surface area contributed by atoms with Gasteiger partial charge in [-0.3, -0.25) is 9.59 Å². The Hall–Kier alpha value is -2.43. The van der Waals surface area contributed by atoms with E-state index in [-0.39, 0.29) is 29.7 Å². The Balaban J connectivity index is 1.70. The fourth-order valence-electron chi connectivity index (χ4n) is 2.58. The highest BCUT2D eigenvalue weighted by atomic mass is 19.1. The zero-order chi connectivity index (χ0) is 14.8. The van der Waals surface area contributed by atoms with Crippen LogP contribution in [0.25, 0.3) is 0 Å². The van der Waals surface area contributed by atoms with Crippen LogP contribution in [0.2, 0.25) is 0 Å².